The molecule has 2 aliphatic rings. The molecule has 2 heterocycles. The normalized spacial score (nSPS) is 26.7. The summed E-state index contributed by atoms with van der Waals surface area (Å²) in [5, 5.41) is 2.47. The molecule has 2 nitrogen and oxygen atoms in total. The van der Waals surface area contributed by atoms with E-state index in [9.17, 15) is 0 Å². The number of rotatable bonds is 2. The maximum Gasteiger partial charge on any atom is 0.127 e. The van der Waals surface area contributed by atoms with Crippen molar-refractivity contribution in [3.8, 4) is 0 Å². The zero-order valence-corrected chi connectivity index (χ0v) is 12.9. The van der Waals surface area contributed by atoms with E-state index in [1.54, 1.807) is 0 Å². The molecule has 3 heteroatoms. The Kier molecular flexibility index (Phi) is 3.75. The Morgan fingerprint density at radius 1 is 0.818 bits per heavy atom. The molecule has 2 aromatic rings. The highest BCUT2D eigenvalue weighted by molar-refractivity contribution is 8.00. The van der Waals surface area contributed by atoms with E-state index in [1.165, 1.54) is 11.1 Å². The van der Waals surface area contributed by atoms with Crippen LogP contribution in [0.5, 0.6) is 0 Å². The molecule has 110 valence electrons. The lowest BCUT2D eigenvalue weighted by atomic mass is 10.0. The zero-order valence-electron chi connectivity index (χ0n) is 12.1. The van der Waals surface area contributed by atoms with Gasteiger partial charge in [-0.05, 0) is 23.3 Å². The molecule has 0 saturated carbocycles. The number of nitrogens with zero attached hydrogens (tertiary/aromatic N) is 1. The molecule has 2 aromatic carbocycles. The van der Waals surface area contributed by atoms with Gasteiger partial charge in [0.15, 0.2) is 0 Å². The predicted molar refractivity (Wildman–Crippen MR) is 90.9 cm³/mol. The number of thioether (sulfide) groups is 1. The summed E-state index contributed by atoms with van der Waals surface area (Å²) in [6.07, 6.45) is 8.31. The lowest BCUT2D eigenvalue weighted by Gasteiger charge is -2.42. The quantitative estimate of drug-likeness (QED) is 0.786. The minimum absolute atomic E-state index is 0.0148. The van der Waals surface area contributed by atoms with E-state index in [4.69, 9.17) is 4.84 Å². The molecule has 0 aromatic heterocycles. The average Bonchev–Trinajstić information content (AvgIpc) is 2.62. The van der Waals surface area contributed by atoms with Gasteiger partial charge in [-0.2, -0.15) is 0 Å². The van der Waals surface area contributed by atoms with Crippen molar-refractivity contribution in [2.75, 3.05) is 0 Å². The van der Waals surface area contributed by atoms with E-state index in [-0.39, 0.29) is 16.7 Å². The standard InChI is InChI=1S/C19H17NOS/c1-3-9-15(10-4-1)18-19(16-11-5-2-6-12-16)22-17-13-7-8-14-20(17)21-18/h1-14,17-19H/t17-,18+,19+/m1/s1. The molecule has 0 N–H and O–H groups in total. The van der Waals surface area contributed by atoms with Gasteiger partial charge in [0, 0.05) is 6.20 Å². The Morgan fingerprint density at radius 2 is 1.50 bits per heavy atom. The molecule has 2 aliphatic heterocycles. The number of allylic oxidation sites excluding steroid dienone is 2. The number of fused-ring (bicyclic) bond motifs is 1. The Bertz CT molecular complexity index is 622. The van der Waals surface area contributed by atoms with Crippen molar-refractivity contribution in [2.45, 2.75) is 16.7 Å². The van der Waals surface area contributed by atoms with Crippen LogP contribution >= 0.6 is 11.8 Å². The zero-order chi connectivity index (χ0) is 14.8. The van der Waals surface area contributed by atoms with Crippen LogP contribution in [0.25, 0.3) is 0 Å². The van der Waals surface area contributed by atoms with Crippen molar-refractivity contribution in [2.24, 2.45) is 0 Å². The minimum Gasteiger partial charge on any atom is -0.263 e. The van der Waals surface area contributed by atoms with Gasteiger partial charge in [-0.25, -0.2) is 5.06 Å². The van der Waals surface area contributed by atoms with Crippen LogP contribution in [0.15, 0.2) is 85.1 Å². The Morgan fingerprint density at radius 3 is 2.23 bits per heavy atom. The first-order chi connectivity index (χ1) is 10.9. The van der Waals surface area contributed by atoms with Crippen molar-refractivity contribution >= 4 is 11.8 Å². The van der Waals surface area contributed by atoms with E-state index in [0.29, 0.717) is 0 Å². The average molecular weight is 307 g/mol. The first kappa shape index (κ1) is 13.7. The van der Waals surface area contributed by atoms with Crippen LogP contribution in [-0.2, 0) is 4.84 Å². The summed E-state index contributed by atoms with van der Waals surface area (Å²) in [6.45, 7) is 0. The number of hydrogen-bond donors (Lipinski definition) is 0. The largest absolute Gasteiger partial charge is 0.263 e. The first-order valence-electron chi connectivity index (χ1n) is 7.47. The van der Waals surface area contributed by atoms with Crippen LogP contribution in [0, 0.1) is 0 Å². The lowest BCUT2D eigenvalue weighted by Crippen LogP contribution is -2.37. The SMILES string of the molecule is C1=C[C@H]2S[C@@H](c3ccccc3)[C@H](c3ccccc3)ON2C=C1. The molecule has 0 spiro atoms. The summed E-state index contributed by atoms with van der Waals surface area (Å²) >= 11 is 1.93. The van der Waals surface area contributed by atoms with E-state index in [1.807, 2.05) is 35.2 Å². The number of benzene rings is 2. The van der Waals surface area contributed by atoms with Gasteiger partial charge in [0.05, 0.1) is 5.25 Å². The van der Waals surface area contributed by atoms with Gasteiger partial charge in [-0.1, -0.05) is 66.7 Å². The minimum atomic E-state index is 0.0148. The van der Waals surface area contributed by atoms with Gasteiger partial charge in [0.2, 0.25) is 0 Å². The van der Waals surface area contributed by atoms with Crippen molar-refractivity contribution in [3.63, 3.8) is 0 Å². The maximum absolute atomic E-state index is 6.32. The molecular weight excluding hydrogens is 290 g/mol. The van der Waals surface area contributed by atoms with Crippen molar-refractivity contribution in [3.05, 3.63) is 96.2 Å². The van der Waals surface area contributed by atoms with Crippen LogP contribution in [0.3, 0.4) is 0 Å². The second-order valence-corrected chi connectivity index (χ2v) is 6.64. The van der Waals surface area contributed by atoms with Gasteiger partial charge in [-0.15, -0.1) is 11.8 Å². The molecule has 0 unspecified atom stereocenters. The fourth-order valence-corrected chi connectivity index (χ4v) is 4.23. The highest BCUT2D eigenvalue weighted by atomic mass is 32.2. The van der Waals surface area contributed by atoms with Gasteiger partial charge in [0.1, 0.15) is 11.5 Å². The van der Waals surface area contributed by atoms with E-state index < -0.39 is 0 Å². The van der Waals surface area contributed by atoms with Crippen LogP contribution in [0.1, 0.15) is 22.5 Å². The summed E-state index contributed by atoms with van der Waals surface area (Å²) in [7, 11) is 0. The number of hydroxylamine groups is 2. The third-order valence-corrected chi connectivity index (χ3v) is 5.38. The van der Waals surface area contributed by atoms with Crippen molar-refractivity contribution in [1.82, 2.24) is 5.06 Å². The first-order valence-corrected chi connectivity index (χ1v) is 8.41. The molecule has 3 atom stereocenters. The monoisotopic (exact) mass is 307 g/mol. The molecule has 0 aliphatic carbocycles. The summed E-state index contributed by atoms with van der Waals surface area (Å²) < 4.78 is 0. The molecule has 22 heavy (non-hydrogen) atoms. The molecule has 1 saturated heterocycles. The molecule has 4 rings (SSSR count). The summed E-state index contributed by atoms with van der Waals surface area (Å²) in [6, 6.07) is 21.1. The molecule has 0 bridgehead atoms. The van der Waals surface area contributed by atoms with Gasteiger partial charge in [-0.3, -0.25) is 4.84 Å². The summed E-state index contributed by atoms with van der Waals surface area (Å²) in [5.41, 5.74) is 2.52. The topological polar surface area (TPSA) is 12.5 Å². The summed E-state index contributed by atoms with van der Waals surface area (Å²) in [4.78, 5) is 6.32. The second-order valence-electron chi connectivity index (χ2n) is 5.38. The Balaban J connectivity index is 1.72. The van der Waals surface area contributed by atoms with Gasteiger partial charge >= 0.3 is 0 Å². The molecule has 1 fully saturated rings. The highest BCUT2D eigenvalue weighted by Crippen LogP contribution is 2.50. The third-order valence-electron chi connectivity index (χ3n) is 3.92. The lowest BCUT2D eigenvalue weighted by molar-refractivity contribution is -0.177. The van der Waals surface area contributed by atoms with Crippen molar-refractivity contribution < 1.29 is 4.84 Å². The second kappa shape index (κ2) is 6.03. The predicted octanol–water partition coefficient (Wildman–Crippen LogP) is 4.86. The highest BCUT2D eigenvalue weighted by Gasteiger charge is 2.37. The molecule has 0 amide bonds. The van der Waals surface area contributed by atoms with E-state index in [0.717, 1.165) is 0 Å². The van der Waals surface area contributed by atoms with Crippen LogP contribution < -0.4 is 0 Å². The van der Waals surface area contributed by atoms with Crippen LogP contribution in [-0.4, -0.2) is 10.4 Å². The van der Waals surface area contributed by atoms with E-state index in [2.05, 4.69) is 66.7 Å². The van der Waals surface area contributed by atoms with Gasteiger partial charge < -0.3 is 0 Å². The number of hydrogen-bond acceptors (Lipinski definition) is 3. The fourth-order valence-electron chi connectivity index (χ4n) is 2.85. The van der Waals surface area contributed by atoms with Gasteiger partial charge in [0.25, 0.3) is 0 Å². The summed E-state index contributed by atoms with van der Waals surface area (Å²) in [5.74, 6) is 0. The fraction of sp³-hybridized carbons (Fsp3) is 0.158. The van der Waals surface area contributed by atoms with E-state index >= 15 is 0 Å². The third kappa shape index (κ3) is 2.58. The van der Waals surface area contributed by atoms with Crippen LogP contribution in [0.4, 0.5) is 0 Å². The Hall–Kier alpha value is -1.97. The van der Waals surface area contributed by atoms with Crippen LogP contribution in [0.2, 0.25) is 0 Å². The van der Waals surface area contributed by atoms with Crippen molar-refractivity contribution in [1.29, 1.82) is 0 Å². The maximum atomic E-state index is 6.32. The molecular formula is C19H17NOS. The molecule has 0 radical (unpaired) electrons. The Labute approximate surface area is 135 Å². The smallest absolute Gasteiger partial charge is 0.127 e.